The third kappa shape index (κ3) is 4.42. The highest BCUT2D eigenvalue weighted by molar-refractivity contribution is 5.83. The standard InChI is InChI=1S/C21H32N2O2/c1-15(2)20(22-19-9-11-25-12-10-19)21(24)23-14-18(13-16(23)3)17-7-5-4-6-8-17/h4-8,15-16,18-20,22H,9-14H2,1-3H3/t16-,18-,20+/m1/s1. The van der Waals surface area contributed by atoms with Crippen LogP contribution in [0.5, 0.6) is 0 Å². The van der Waals surface area contributed by atoms with Gasteiger partial charge in [0.05, 0.1) is 6.04 Å². The van der Waals surface area contributed by atoms with Crippen molar-refractivity contribution in [1.29, 1.82) is 0 Å². The van der Waals surface area contributed by atoms with Gasteiger partial charge in [0, 0.05) is 37.8 Å². The van der Waals surface area contributed by atoms with Gasteiger partial charge in [-0.1, -0.05) is 44.2 Å². The van der Waals surface area contributed by atoms with Crippen LogP contribution < -0.4 is 5.32 Å². The van der Waals surface area contributed by atoms with Crippen LogP contribution in [0.2, 0.25) is 0 Å². The number of hydrogen-bond acceptors (Lipinski definition) is 3. The summed E-state index contributed by atoms with van der Waals surface area (Å²) in [7, 11) is 0. The molecule has 0 aromatic heterocycles. The molecule has 1 N–H and O–H groups in total. The van der Waals surface area contributed by atoms with Crippen LogP contribution >= 0.6 is 0 Å². The first-order valence-corrected chi connectivity index (χ1v) is 9.75. The summed E-state index contributed by atoms with van der Waals surface area (Å²) in [4.78, 5) is 15.4. The van der Waals surface area contributed by atoms with Crippen molar-refractivity contribution in [2.45, 2.75) is 64.1 Å². The van der Waals surface area contributed by atoms with Gasteiger partial charge in [-0.15, -0.1) is 0 Å². The van der Waals surface area contributed by atoms with Crippen molar-refractivity contribution < 1.29 is 9.53 Å². The zero-order chi connectivity index (χ0) is 17.8. The molecule has 0 radical (unpaired) electrons. The minimum atomic E-state index is -0.0972. The molecule has 2 aliphatic rings. The zero-order valence-electron chi connectivity index (χ0n) is 15.8. The second-order valence-corrected chi connectivity index (χ2v) is 7.96. The van der Waals surface area contributed by atoms with Crippen molar-refractivity contribution in [2.75, 3.05) is 19.8 Å². The SMILES string of the molecule is CC(C)[C@H](NC1CCOCC1)C(=O)N1C[C@H](c2ccccc2)C[C@H]1C. The molecule has 1 aromatic rings. The molecule has 2 heterocycles. The van der Waals surface area contributed by atoms with Gasteiger partial charge in [-0.25, -0.2) is 0 Å². The van der Waals surface area contributed by atoms with E-state index in [2.05, 4.69) is 61.3 Å². The van der Waals surface area contributed by atoms with Crippen LogP contribution in [0.4, 0.5) is 0 Å². The Kier molecular flexibility index (Phi) is 6.13. The molecule has 2 aliphatic heterocycles. The maximum atomic E-state index is 13.3. The van der Waals surface area contributed by atoms with Crippen molar-refractivity contribution in [3.8, 4) is 0 Å². The van der Waals surface area contributed by atoms with Crippen LogP contribution in [-0.4, -0.2) is 48.7 Å². The lowest BCUT2D eigenvalue weighted by molar-refractivity contribution is -0.135. The van der Waals surface area contributed by atoms with E-state index >= 15 is 0 Å². The van der Waals surface area contributed by atoms with E-state index in [0.29, 0.717) is 23.9 Å². The van der Waals surface area contributed by atoms with E-state index in [-0.39, 0.29) is 11.9 Å². The lowest BCUT2D eigenvalue weighted by Gasteiger charge is -2.34. The monoisotopic (exact) mass is 344 g/mol. The molecule has 3 rings (SSSR count). The highest BCUT2D eigenvalue weighted by atomic mass is 16.5. The van der Waals surface area contributed by atoms with Gasteiger partial charge in [0.25, 0.3) is 0 Å². The second kappa shape index (κ2) is 8.33. The molecule has 0 saturated carbocycles. The number of benzene rings is 1. The Morgan fingerprint density at radius 2 is 1.88 bits per heavy atom. The molecule has 4 heteroatoms. The molecule has 4 nitrogen and oxygen atoms in total. The van der Waals surface area contributed by atoms with Gasteiger partial charge in [0.2, 0.25) is 5.91 Å². The summed E-state index contributed by atoms with van der Waals surface area (Å²) in [6.07, 6.45) is 3.05. The second-order valence-electron chi connectivity index (χ2n) is 7.96. The van der Waals surface area contributed by atoms with Crippen molar-refractivity contribution in [3.05, 3.63) is 35.9 Å². The number of hydrogen-bond donors (Lipinski definition) is 1. The Morgan fingerprint density at radius 1 is 1.20 bits per heavy atom. The van der Waals surface area contributed by atoms with Crippen LogP contribution in [0.15, 0.2) is 30.3 Å². The highest BCUT2D eigenvalue weighted by Crippen LogP contribution is 2.32. The summed E-state index contributed by atoms with van der Waals surface area (Å²) in [5.74, 6) is 1.02. The Labute approximate surface area is 151 Å². The van der Waals surface area contributed by atoms with E-state index in [0.717, 1.165) is 39.0 Å². The summed E-state index contributed by atoms with van der Waals surface area (Å²) in [6, 6.07) is 11.2. The molecular weight excluding hydrogens is 312 g/mol. The molecule has 2 saturated heterocycles. The fourth-order valence-electron chi connectivity index (χ4n) is 4.15. The highest BCUT2D eigenvalue weighted by Gasteiger charge is 2.37. The molecule has 2 fully saturated rings. The summed E-state index contributed by atoms with van der Waals surface area (Å²) in [5.41, 5.74) is 1.35. The maximum absolute atomic E-state index is 13.3. The first-order chi connectivity index (χ1) is 12.1. The first-order valence-electron chi connectivity index (χ1n) is 9.75. The largest absolute Gasteiger partial charge is 0.381 e. The van der Waals surface area contributed by atoms with Crippen molar-refractivity contribution in [1.82, 2.24) is 10.2 Å². The number of amides is 1. The third-order valence-corrected chi connectivity index (χ3v) is 5.70. The number of rotatable bonds is 5. The smallest absolute Gasteiger partial charge is 0.240 e. The average molecular weight is 344 g/mol. The predicted molar refractivity (Wildman–Crippen MR) is 101 cm³/mol. The number of nitrogens with one attached hydrogen (secondary N) is 1. The van der Waals surface area contributed by atoms with Gasteiger partial charge >= 0.3 is 0 Å². The predicted octanol–water partition coefficient (Wildman–Crippen LogP) is 3.18. The van der Waals surface area contributed by atoms with E-state index in [4.69, 9.17) is 4.74 Å². The Hall–Kier alpha value is -1.39. The van der Waals surface area contributed by atoms with Gasteiger partial charge in [0.1, 0.15) is 0 Å². The van der Waals surface area contributed by atoms with E-state index < -0.39 is 0 Å². The van der Waals surface area contributed by atoms with Gasteiger partial charge in [-0.05, 0) is 37.7 Å². The Balaban J connectivity index is 1.66. The number of nitrogens with zero attached hydrogens (tertiary/aromatic N) is 1. The number of ether oxygens (including phenoxy) is 1. The quantitative estimate of drug-likeness (QED) is 0.892. The normalized spacial score (nSPS) is 26.2. The Morgan fingerprint density at radius 3 is 2.52 bits per heavy atom. The number of likely N-dealkylation sites (tertiary alicyclic amines) is 1. The van der Waals surface area contributed by atoms with Gasteiger partial charge in [-0.3, -0.25) is 4.79 Å². The van der Waals surface area contributed by atoms with Gasteiger partial charge in [-0.2, -0.15) is 0 Å². The number of carbonyl (C=O) groups excluding carboxylic acids is 1. The topological polar surface area (TPSA) is 41.6 Å². The lowest BCUT2D eigenvalue weighted by Crippen LogP contribution is -2.54. The van der Waals surface area contributed by atoms with Gasteiger partial charge in [0.15, 0.2) is 0 Å². The van der Waals surface area contributed by atoms with Crippen LogP contribution in [0.3, 0.4) is 0 Å². The van der Waals surface area contributed by atoms with Crippen LogP contribution in [0, 0.1) is 5.92 Å². The summed E-state index contributed by atoms with van der Waals surface area (Å²) in [6.45, 7) is 8.91. The number of carbonyl (C=O) groups is 1. The maximum Gasteiger partial charge on any atom is 0.240 e. The van der Waals surface area contributed by atoms with E-state index in [1.54, 1.807) is 0 Å². The minimum Gasteiger partial charge on any atom is -0.381 e. The lowest BCUT2D eigenvalue weighted by atomic mass is 9.97. The molecule has 0 spiro atoms. The van der Waals surface area contributed by atoms with E-state index in [1.807, 2.05) is 0 Å². The summed E-state index contributed by atoms with van der Waals surface area (Å²) < 4.78 is 5.45. The fraction of sp³-hybridized carbons (Fsp3) is 0.667. The van der Waals surface area contributed by atoms with E-state index in [9.17, 15) is 4.79 Å². The Bertz CT molecular complexity index is 554. The van der Waals surface area contributed by atoms with Gasteiger partial charge < -0.3 is 15.0 Å². The molecule has 25 heavy (non-hydrogen) atoms. The first kappa shape index (κ1) is 18.4. The third-order valence-electron chi connectivity index (χ3n) is 5.70. The van der Waals surface area contributed by atoms with Crippen molar-refractivity contribution >= 4 is 5.91 Å². The molecular formula is C21H32N2O2. The fourth-order valence-corrected chi connectivity index (χ4v) is 4.15. The molecule has 138 valence electrons. The molecule has 0 bridgehead atoms. The molecule has 1 amide bonds. The summed E-state index contributed by atoms with van der Waals surface area (Å²) in [5, 5.41) is 3.64. The molecule has 1 aromatic carbocycles. The van der Waals surface area contributed by atoms with E-state index in [1.165, 1.54) is 5.56 Å². The molecule has 0 aliphatic carbocycles. The average Bonchev–Trinajstić information content (AvgIpc) is 3.02. The van der Waals surface area contributed by atoms with Crippen molar-refractivity contribution in [2.24, 2.45) is 5.92 Å². The zero-order valence-corrected chi connectivity index (χ0v) is 15.8. The van der Waals surface area contributed by atoms with Crippen LogP contribution in [0.25, 0.3) is 0 Å². The van der Waals surface area contributed by atoms with Crippen molar-refractivity contribution in [3.63, 3.8) is 0 Å². The summed E-state index contributed by atoms with van der Waals surface area (Å²) >= 11 is 0. The van der Waals surface area contributed by atoms with Crippen LogP contribution in [-0.2, 0) is 9.53 Å². The molecule has 3 atom stereocenters. The minimum absolute atomic E-state index is 0.0972. The van der Waals surface area contributed by atoms with Crippen LogP contribution in [0.1, 0.15) is 51.5 Å². The molecule has 0 unspecified atom stereocenters.